The number of aromatic carboxylic acids is 1. The predicted molar refractivity (Wildman–Crippen MR) is 64.9 cm³/mol. The van der Waals surface area contributed by atoms with E-state index in [1.165, 1.54) is 24.5 Å². The normalized spacial score (nSPS) is 10.1. The average Bonchev–Trinajstić information content (AvgIpc) is 2.37. The molecule has 0 unspecified atom stereocenters. The van der Waals surface area contributed by atoms with Crippen LogP contribution in [0.25, 0.3) is 0 Å². The molecule has 0 bridgehead atoms. The third-order valence-corrected chi connectivity index (χ3v) is 2.42. The van der Waals surface area contributed by atoms with Gasteiger partial charge in [0.25, 0.3) is 0 Å². The molecule has 0 aliphatic heterocycles. The second-order valence-electron chi connectivity index (χ2n) is 3.71. The van der Waals surface area contributed by atoms with Crippen LogP contribution in [0.1, 0.15) is 15.9 Å². The standard InChI is InChI=1S/C13H11FN2O2/c14-10-3-1-2-9(6-10)7-16-12-4-5-15-8-11(12)13(17)18/h1-6,8H,7H2,(H,15,16)(H,17,18). The number of nitrogens with one attached hydrogen (secondary N) is 1. The molecule has 1 aromatic carbocycles. The van der Waals surface area contributed by atoms with Crippen molar-refractivity contribution in [1.82, 2.24) is 4.98 Å². The van der Waals surface area contributed by atoms with Crippen LogP contribution in [0.3, 0.4) is 0 Å². The van der Waals surface area contributed by atoms with Crippen LogP contribution >= 0.6 is 0 Å². The number of carboxylic acid groups (broad SMARTS) is 1. The Morgan fingerprint density at radius 2 is 2.22 bits per heavy atom. The highest BCUT2D eigenvalue weighted by Crippen LogP contribution is 2.15. The predicted octanol–water partition coefficient (Wildman–Crippen LogP) is 2.53. The summed E-state index contributed by atoms with van der Waals surface area (Å²) in [4.78, 5) is 14.7. The Labute approximate surface area is 103 Å². The maximum absolute atomic E-state index is 13.0. The van der Waals surface area contributed by atoms with Gasteiger partial charge in [0.05, 0.1) is 5.69 Å². The Morgan fingerprint density at radius 1 is 1.39 bits per heavy atom. The molecular formula is C13H11FN2O2. The number of nitrogens with zero attached hydrogens (tertiary/aromatic N) is 1. The number of carboxylic acids is 1. The zero-order valence-electron chi connectivity index (χ0n) is 9.43. The SMILES string of the molecule is O=C(O)c1cnccc1NCc1cccc(F)c1. The maximum Gasteiger partial charge on any atom is 0.339 e. The lowest BCUT2D eigenvalue weighted by molar-refractivity contribution is 0.0697. The van der Waals surface area contributed by atoms with Gasteiger partial charge in [-0.05, 0) is 23.8 Å². The number of rotatable bonds is 4. The van der Waals surface area contributed by atoms with Crippen molar-refractivity contribution in [3.63, 3.8) is 0 Å². The molecule has 4 nitrogen and oxygen atoms in total. The Bertz CT molecular complexity index is 572. The molecule has 0 saturated heterocycles. The number of carbonyl (C=O) groups is 1. The van der Waals surface area contributed by atoms with Gasteiger partial charge >= 0.3 is 5.97 Å². The van der Waals surface area contributed by atoms with E-state index in [1.54, 1.807) is 18.2 Å². The smallest absolute Gasteiger partial charge is 0.339 e. The number of pyridine rings is 1. The van der Waals surface area contributed by atoms with E-state index in [9.17, 15) is 9.18 Å². The van der Waals surface area contributed by atoms with Crippen LogP contribution in [-0.4, -0.2) is 16.1 Å². The lowest BCUT2D eigenvalue weighted by Gasteiger charge is -2.08. The Morgan fingerprint density at radius 3 is 2.94 bits per heavy atom. The minimum absolute atomic E-state index is 0.0916. The van der Waals surface area contributed by atoms with Crippen LogP contribution in [0.4, 0.5) is 10.1 Å². The molecule has 5 heteroatoms. The summed E-state index contributed by atoms with van der Waals surface area (Å²) in [5.41, 5.74) is 1.29. The fourth-order valence-corrected chi connectivity index (χ4v) is 1.56. The van der Waals surface area contributed by atoms with E-state index in [2.05, 4.69) is 10.3 Å². The first kappa shape index (κ1) is 12.0. The maximum atomic E-state index is 13.0. The van der Waals surface area contributed by atoms with E-state index < -0.39 is 5.97 Å². The lowest BCUT2D eigenvalue weighted by atomic mass is 10.2. The highest BCUT2D eigenvalue weighted by atomic mass is 19.1. The molecule has 1 aromatic heterocycles. The molecule has 0 radical (unpaired) electrons. The summed E-state index contributed by atoms with van der Waals surface area (Å²) >= 11 is 0. The van der Waals surface area contributed by atoms with Crippen LogP contribution in [0.15, 0.2) is 42.7 Å². The van der Waals surface area contributed by atoms with Crippen LogP contribution in [-0.2, 0) is 6.54 Å². The summed E-state index contributed by atoms with van der Waals surface area (Å²) in [7, 11) is 0. The summed E-state index contributed by atoms with van der Waals surface area (Å²) in [5.74, 6) is -1.37. The zero-order chi connectivity index (χ0) is 13.0. The number of halogens is 1. The average molecular weight is 246 g/mol. The molecule has 0 amide bonds. The summed E-state index contributed by atoms with van der Waals surface area (Å²) in [5, 5.41) is 11.9. The second kappa shape index (κ2) is 5.27. The largest absolute Gasteiger partial charge is 0.478 e. The molecule has 0 fully saturated rings. The van der Waals surface area contributed by atoms with E-state index in [0.29, 0.717) is 12.2 Å². The Balaban J connectivity index is 2.13. The molecule has 0 saturated carbocycles. The zero-order valence-corrected chi connectivity index (χ0v) is 9.43. The lowest BCUT2D eigenvalue weighted by Crippen LogP contribution is -2.06. The number of aromatic nitrogens is 1. The number of anilines is 1. The first-order valence-corrected chi connectivity index (χ1v) is 5.32. The molecule has 0 atom stereocenters. The molecule has 2 aromatic rings. The molecule has 1 heterocycles. The van der Waals surface area contributed by atoms with E-state index in [0.717, 1.165) is 5.56 Å². The van der Waals surface area contributed by atoms with Gasteiger partial charge < -0.3 is 10.4 Å². The first-order chi connectivity index (χ1) is 8.66. The second-order valence-corrected chi connectivity index (χ2v) is 3.71. The van der Waals surface area contributed by atoms with E-state index in [4.69, 9.17) is 5.11 Å². The van der Waals surface area contributed by atoms with Gasteiger partial charge in [0.15, 0.2) is 0 Å². The molecule has 0 aliphatic rings. The number of hydrogen-bond acceptors (Lipinski definition) is 3. The number of benzene rings is 1. The van der Waals surface area contributed by atoms with Gasteiger partial charge in [-0.1, -0.05) is 12.1 Å². The summed E-state index contributed by atoms with van der Waals surface area (Å²) < 4.78 is 13.0. The molecule has 2 rings (SSSR count). The monoisotopic (exact) mass is 246 g/mol. The van der Waals surface area contributed by atoms with Gasteiger partial charge in [-0.3, -0.25) is 4.98 Å². The van der Waals surface area contributed by atoms with E-state index in [-0.39, 0.29) is 11.4 Å². The Kier molecular flexibility index (Phi) is 3.52. The molecule has 0 spiro atoms. The van der Waals surface area contributed by atoms with Crippen molar-refractivity contribution in [3.8, 4) is 0 Å². The van der Waals surface area contributed by atoms with Gasteiger partial charge in [-0.2, -0.15) is 0 Å². The van der Waals surface area contributed by atoms with Crippen LogP contribution < -0.4 is 5.32 Å². The highest BCUT2D eigenvalue weighted by Gasteiger charge is 2.09. The fraction of sp³-hybridized carbons (Fsp3) is 0.0769. The highest BCUT2D eigenvalue weighted by molar-refractivity contribution is 5.93. The van der Waals surface area contributed by atoms with E-state index >= 15 is 0 Å². The quantitative estimate of drug-likeness (QED) is 0.870. The van der Waals surface area contributed by atoms with Gasteiger partial charge in [0.1, 0.15) is 11.4 Å². The molecular weight excluding hydrogens is 235 g/mol. The third-order valence-electron chi connectivity index (χ3n) is 2.42. The summed E-state index contributed by atoms with van der Waals surface area (Å²) in [6.07, 6.45) is 2.77. The van der Waals surface area contributed by atoms with Gasteiger partial charge in [0, 0.05) is 18.9 Å². The van der Waals surface area contributed by atoms with Crippen molar-refractivity contribution >= 4 is 11.7 Å². The molecule has 2 N–H and O–H groups in total. The summed E-state index contributed by atoms with van der Waals surface area (Å²) in [6, 6.07) is 7.70. The van der Waals surface area contributed by atoms with Crippen molar-refractivity contribution in [2.75, 3.05) is 5.32 Å². The molecule has 92 valence electrons. The minimum atomic E-state index is -1.05. The first-order valence-electron chi connectivity index (χ1n) is 5.32. The van der Waals surface area contributed by atoms with Gasteiger partial charge in [0.2, 0.25) is 0 Å². The van der Waals surface area contributed by atoms with Crippen molar-refractivity contribution < 1.29 is 14.3 Å². The Hall–Kier alpha value is -2.43. The van der Waals surface area contributed by atoms with Crippen LogP contribution in [0, 0.1) is 5.82 Å². The van der Waals surface area contributed by atoms with Crippen molar-refractivity contribution in [2.45, 2.75) is 6.54 Å². The van der Waals surface area contributed by atoms with Crippen molar-refractivity contribution in [3.05, 3.63) is 59.7 Å². The third kappa shape index (κ3) is 2.82. The van der Waals surface area contributed by atoms with Crippen LogP contribution in [0.5, 0.6) is 0 Å². The number of hydrogen-bond donors (Lipinski definition) is 2. The topological polar surface area (TPSA) is 62.2 Å². The van der Waals surface area contributed by atoms with Crippen LogP contribution in [0.2, 0.25) is 0 Å². The summed E-state index contributed by atoms with van der Waals surface area (Å²) in [6.45, 7) is 0.349. The fourth-order valence-electron chi connectivity index (χ4n) is 1.56. The minimum Gasteiger partial charge on any atom is -0.478 e. The van der Waals surface area contributed by atoms with Crippen molar-refractivity contribution in [1.29, 1.82) is 0 Å². The van der Waals surface area contributed by atoms with Crippen molar-refractivity contribution in [2.24, 2.45) is 0 Å². The van der Waals surface area contributed by atoms with E-state index in [1.807, 2.05) is 0 Å². The van der Waals surface area contributed by atoms with Gasteiger partial charge in [-0.15, -0.1) is 0 Å². The molecule has 0 aliphatic carbocycles. The molecule has 18 heavy (non-hydrogen) atoms. The van der Waals surface area contributed by atoms with Gasteiger partial charge in [-0.25, -0.2) is 9.18 Å².